The van der Waals surface area contributed by atoms with Crippen LogP contribution in [0.2, 0.25) is 0 Å². The van der Waals surface area contributed by atoms with Crippen LogP contribution in [0.4, 0.5) is 0 Å². The van der Waals surface area contributed by atoms with Gasteiger partial charge in [-0.05, 0) is 0 Å². The normalized spacial score (nSPS) is 9.14. The zero-order valence-electron chi connectivity index (χ0n) is 6.82. The second-order valence-corrected chi connectivity index (χ2v) is 3.00. The van der Waals surface area contributed by atoms with Crippen LogP contribution in [0, 0.1) is 0 Å². The summed E-state index contributed by atoms with van der Waals surface area (Å²) in [5.74, 6) is -3.65. The van der Waals surface area contributed by atoms with Gasteiger partial charge in [0.15, 0.2) is 4.96 Å². The van der Waals surface area contributed by atoms with Crippen molar-refractivity contribution in [1.82, 2.24) is 9.38 Å². The van der Waals surface area contributed by atoms with Crippen LogP contribution in [0.15, 0.2) is 24.0 Å². The average molecular weight is 214 g/mol. The quantitative estimate of drug-likeness (QED) is 0.625. The summed E-state index contributed by atoms with van der Waals surface area (Å²) in [6.07, 6.45) is 5.73. The van der Waals surface area contributed by atoms with E-state index in [4.69, 9.17) is 19.8 Å². The summed E-state index contributed by atoms with van der Waals surface area (Å²) in [7, 11) is 0. The van der Waals surface area contributed by atoms with Crippen molar-refractivity contribution in [3.05, 3.63) is 24.0 Å². The van der Waals surface area contributed by atoms with Crippen molar-refractivity contribution in [1.29, 1.82) is 0 Å². The summed E-state index contributed by atoms with van der Waals surface area (Å²) in [5.41, 5.74) is 0. The minimum Gasteiger partial charge on any atom is -0.473 e. The van der Waals surface area contributed by atoms with Gasteiger partial charge >= 0.3 is 11.9 Å². The van der Waals surface area contributed by atoms with Crippen LogP contribution in [0.25, 0.3) is 4.96 Å². The zero-order chi connectivity index (χ0) is 10.6. The Morgan fingerprint density at radius 2 is 1.93 bits per heavy atom. The second-order valence-electron chi connectivity index (χ2n) is 2.13. The van der Waals surface area contributed by atoms with Gasteiger partial charge in [0.2, 0.25) is 0 Å². The van der Waals surface area contributed by atoms with Crippen LogP contribution in [0.1, 0.15) is 0 Å². The zero-order valence-corrected chi connectivity index (χ0v) is 7.64. The van der Waals surface area contributed by atoms with Gasteiger partial charge in [0, 0.05) is 24.0 Å². The molecule has 2 aromatic rings. The number of rotatable bonds is 0. The fourth-order valence-corrected chi connectivity index (χ4v) is 1.34. The third kappa shape index (κ3) is 2.56. The molecular formula is C7H6N2O4S. The number of fused-ring (bicyclic) bond motifs is 1. The molecule has 7 heteroatoms. The Morgan fingerprint density at radius 3 is 2.43 bits per heavy atom. The molecule has 2 rings (SSSR count). The highest BCUT2D eigenvalue weighted by molar-refractivity contribution is 7.15. The minimum absolute atomic E-state index is 1.06. The Hall–Kier alpha value is -1.89. The smallest absolute Gasteiger partial charge is 0.414 e. The van der Waals surface area contributed by atoms with E-state index in [0.29, 0.717) is 0 Å². The molecule has 0 spiro atoms. The Balaban J connectivity index is 0.000000149. The van der Waals surface area contributed by atoms with Gasteiger partial charge in [-0.2, -0.15) is 0 Å². The van der Waals surface area contributed by atoms with Gasteiger partial charge in [-0.3, -0.25) is 4.40 Å². The number of nitrogens with zero attached hydrogens (tertiary/aromatic N) is 2. The molecule has 0 aromatic carbocycles. The lowest BCUT2D eigenvalue weighted by molar-refractivity contribution is -0.159. The largest absolute Gasteiger partial charge is 0.473 e. The fourth-order valence-electron chi connectivity index (χ4n) is 0.661. The summed E-state index contributed by atoms with van der Waals surface area (Å²) in [5, 5.41) is 16.8. The Kier molecular flexibility index (Phi) is 3.19. The number of aliphatic carboxylic acids is 2. The number of hydrogen-bond donors (Lipinski definition) is 2. The molecule has 2 heterocycles. The van der Waals surface area contributed by atoms with E-state index in [-0.39, 0.29) is 0 Å². The standard InChI is InChI=1S/C5H4N2S.C2H2O4/c1-2-7-3-4-8-5(7)6-1;3-1(4)2(5)6/h1-4H;(H,3,4)(H,5,6). The van der Waals surface area contributed by atoms with E-state index >= 15 is 0 Å². The molecule has 2 N–H and O–H groups in total. The van der Waals surface area contributed by atoms with E-state index in [9.17, 15) is 0 Å². The Morgan fingerprint density at radius 1 is 1.29 bits per heavy atom. The number of carboxylic acids is 2. The molecule has 0 aliphatic heterocycles. The van der Waals surface area contributed by atoms with E-state index in [0.717, 1.165) is 4.96 Å². The van der Waals surface area contributed by atoms with Crippen LogP contribution in [-0.2, 0) is 9.59 Å². The van der Waals surface area contributed by atoms with Crippen molar-refractivity contribution in [2.75, 3.05) is 0 Å². The lowest BCUT2D eigenvalue weighted by Gasteiger charge is -1.72. The van der Waals surface area contributed by atoms with E-state index in [1.165, 1.54) is 0 Å². The number of carboxylic acid groups (broad SMARTS) is 2. The Labute approximate surface area is 82.1 Å². The predicted octanol–water partition coefficient (Wildman–Crippen LogP) is 0.551. The van der Waals surface area contributed by atoms with E-state index in [2.05, 4.69) is 4.98 Å². The van der Waals surface area contributed by atoms with Crippen LogP contribution in [0.5, 0.6) is 0 Å². The SMILES string of the molecule is O=C(O)C(=O)O.c1cn2ccsc2n1. The third-order valence-corrected chi connectivity index (χ3v) is 2.00. The first-order valence-electron chi connectivity index (χ1n) is 3.43. The van der Waals surface area contributed by atoms with Crippen molar-refractivity contribution in [3.8, 4) is 0 Å². The van der Waals surface area contributed by atoms with Crippen LogP contribution in [0.3, 0.4) is 0 Å². The summed E-state index contributed by atoms with van der Waals surface area (Å²) in [6.45, 7) is 0. The topological polar surface area (TPSA) is 91.9 Å². The van der Waals surface area contributed by atoms with Crippen LogP contribution < -0.4 is 0 Å². The molecular weight excluding hydrogens is 208 g/mol. The van der Waals surface area contributed by atoms with E-state index in [1.54, 1.807) is 17.5 Å². The molecule has 0 radical (unpaired) electrons. The summed E-state index contributed by atoms with van der Waals surface area (Å²) in [6, 6.07) is 0. The molecule has 0 atom stereocenters. The summed E-state index contributed by atoms with van der Waals surface area (Å²) < 4.78 is 1.99. The first-order chi connectivity index (χ1) is 6.61. The monoisotopic (exact) mass is 214 g/mol. The van der Waals surface area contributed by atoms with Crippen molar-refractivity contribution in [2.45, 2.75) is 0 Å². The van der Waals surface area contributed by atoms with Gasteiger partial charge in [-0.1, -0.05) is 0 Å². The van der Waals surface area contributed by atoms with Gasteiger partial charge in [0.25, 0.3) is 0 Å². The maximum atomic E-state index is 9.10. The molecule has 74 valence electrons. The summed E-state index contributed by atoms with van der Waals surface area (Å²) >= 11 is 1.65. The molecule has 14 heavy (non-hydrogen) atoms. The van der Waals surface area contributed by atoms with Gasteiger partial charge in [0.05, 0.1) is 0 Å². The molecule has 0 aliphatic rings. The number of aromatic nitrogens is 2. The van der Waals surface area contributed by atoms with Gasteiger partial charge in [0.1, 0.15) is 0 Å². The highest BCUT2D eigenvalue weighted by atomic mass is 32.1. The minimum atomic E-state index is -1.82. The van der Waals surface area contributed by atoms with E-state index < -0.39 is 11.9 Å². The van der Waals surface area contributed by atoms with Crippen LogP contribution >= 0.6 is 11.3 Å². The van der Waals surface area contributed by atoms with Gasteiger partial charge in [-0.15, -0.1) is 11.3 Å². The molecule has 0 fully saturated rings. The molecule has 0 amide bonds. The molecule has 0 aliphatic carbocycles. The lowest BCUT2D eigenvalue weighted by atomic mass is 10.7. The molecule has 2 aromatic heterocycles. The lowest BCUT2D eigenvalue weighted by Crippen LogP contribution is -2.09. The third-order valence-electron chi connectivity index (χ3n) is 1.21. The fraction of sp³-hybridized carbons (Fsp3) is 0. The molecule has 6 nitrogen and oxygen atoms in total. The molecule has 0 unspecified atom stereocenters. The number of carbonyl (C=O) groups is 2. The highest BCUT2D eigenvalue weighted by Gasteiger charge is 2.04. The van der Waals surface area contributed by atoms with E-state index in [1.807, 2.05) is 22.2 Å². The second kappa shape index (κ2) is 4.38. The van der Waals surface area contributed by atoms with Crippen molar-refractivity contribution < 1.29 is 19.8 Å². The van der Waals surface area contributed by atoms with Gasteiger partial charge in [-0.25, -0.2) is 14.6 Å². The Bertz CT molecular complexity index is 384. The first kappa shape index (κ1) is 10.2. The average Bonchev–Trinajstić information content (AvgIpc) is 2.63. The number of imidazole rings is 1. The van der Waals surface area contributed by atoms with Crippen LogP contribution in [-0.4, -0.2) is 31.5 Å². The molecule has 0 saturated carbocycles. The highest BCUT2D eigenvalue weighted by Crippen LogP contribution is 2.06. The molecule has 0 bridgehead atoms. The van der Waals surface area contributed by atoms with Crippen molar-refractivity contribution in [2.24, 2.45) is 0 Å². The van der Waals surface area contributed by atoms with Crippen molar-refractivity contribution in [3.63, 3.8) is 0 Å². The predicted molar refractivity (Wildman–Crippen MR) is 48.3 cm³/mol. The maximum Gasteiger partial charge on any atom is 0.414 e. The number of thiazole rings is 1. The summed E-state index contributed by atoms with van der Waals surface area (Å²) in [4.78, 5) is 23.3. The number of hydrogen-bond acceptors (Lipinski definition) is 4. The molecule has 0 saturated heterocycles. The maximum absolute atomic E-state index is 9.10. The van der Waals surface area contributed by atoms with Gasteiger partial charge < -0.3 is 10.2 Å². The first-order valence-corrected chi connectivity index (χ1v) is 4.31. The van der Waals surface area contributed by atoms with Crippen molar-refractivity contribution >= 4 is 28.2 Å².